The van der Waals surface area contributed by atoms with Crippen LogP contribution >= 0.6 is 0 Å². The summed E-state index contributed by atoms with van der Waals surface area (Å²) < 4.78 is 13.5. The molecule has 0 spiro atoms. The highest BCUT2D eigenvalue weighted by Gasteiger charge is 2.10. The smallest absolute Gasteiger partial charge is 0.128 e. The van der Waals surface area contributed by atoms with Crippen LogP contribution in [0.4, 0.5) is 4.39 Å². The van der Waals surface area contributed by atoms with Gasteiger partial charge in [-0.25, -0.2) is 4.39 Å². The van der Waals surface area contributed by atoms with Crippen molar-refractivity contribution in [3.63, 3.8) is 0 Å². The third-order valence-electron chi connectivity index (χ3n) is 2.15. The summed E-state index contributed by atoms with van der Waals surface area (Å²) in [6, 6.07) is 5.16. The average Bonchev–Trinajstić information content (AvgIpc) is 2.15. The molecule has 0 saturated carbocycles. The lowest BCUT2D eigenvalue weighted by atomic mass is 10.0. The minimum atomic E-state index is -0.171. The van der Waals surface area contributed by atoms with Crippen LogP contribution in [0.1, 0.15) is 24.1 Å². The Labute approximate surface area is 84.6 Å². The van der Waals surface area contributed by atoms with Crippen LogP contribution in [0, 0.1) is 12.7 Å². The number of nitrogens with one attached hydrogen (secondary N) is 1. The first kappa shape index (κ1) is 10.9. The number of likely N-dealkylation sites (N-methyl/N-ethyl adjacent to an activating group) is 1. The van der Waals surface area contributed by atoms with Gasteiger partial charge in [-0.3, -0.25) is 0 Å². The van der Waals surface area contributed by atoms with Gasteiger partial charge < -0.3 is 5.32 Å². The van der Waals surface area contributed by atoms with Crippen molar-refractivity contribution in [3.8, 4) is 0 Å². The maximum absolute atomic E-state index is 13.5. The molecule has 0 fully saturated rings. The van der Waals surface area contributed by atoms with E-state index in [-0.39, 0.29) is 11.9 Å². The molecule has 0 aliphatic carbocycles. The Hall–Kier alpha value is -1.15. The molecule has 1 N–H and O–H groups in total. The molecule has 0 aliphatic rings. The number of rotatable bonds is 4. The number of hydrogen-bond donors (Lipinski definition) is 1. The van der Waals surface area contributed by atoms with Gasteiger partial charge in [-0.1, -0.05) is 25.1 Å². The van der Waals surface area contributed by atoms with Crippen molar-refractivity contribution >= 4 is 0 Å². The van der Waals surface area contributed by atoms with Crippen LogP contribution in [0.15, 0.2) is 30.9 Å². The minimum Gasteiger partial charge on any atom is -0.307 e. The summed E-state index contributed by atoms with van der Waals surface area (Å²) in [6.45, 7) is 8.35. The lowest BCUT2D eigenvalue weighted by Crippen LogP contribution is -2.19. The topological polar surface area (TPSA) is 12.0 Å². The fourth-order valence-electron chi connectivity index (χ4n) is 1.42. The van der Waals surface area contributed by atoms with Crippen molar-refractivity contribution < 1.29 is 4.39 Å². The highest BCUT2D eigenvalue weighted by molar-refractivity contribution is 5.28. The lowest BCUT2D eigenvalue weighted by Gasteiger charge is -2.14. The van der Waals surface area contributed by atoms with E-state index in [1.165, 1.54) is 0 Å². The number of aryl methyl sites for hydroxylation is 1. The van der Waals surface area contributed by atoms with Crippen molar-refractivity contribution in [2.45, 2.75) is 19.9 Å². The van der Waals surface area contributed by atoms with Gasteiger partial charge in [0.2, 0.25) is 0 Å². The van der Waals surface area contributed by atoms with Crippen LogP contribution in [0.3, 0.4) is 0 Å². The molecule has 1 aromatic carbocycles. The van der Waals surface area contributed by atoms with Gasteiger partial charge in [-0.2, -0.15) is 0 Å². The Morgan fingerprint density at radius 2 is 2.29 bits per heavy atom. The van der Waals surface area contributed by atoms with Crippen LogP contribution in [0.5, 0.6) is 0 Å². The summed E-state index contributed by atoms with van der Waals surface area (Å²) in [4.78, 5) is 0. The molecule has 0 aliphatic heterocycles. The van der Waals surface area contributed by atoms with E-state index in [9.17, 15) is 4.39 Å². The molecular formula is C12H16FN. The molecule has 1 nitrogen and oxygen atoms in total. The molecule has 1 atom stereocenters. The molecule has 0 aromatic heterocycles. The summed E-state index contributed by atoms with van der Waals surface area (Å²) in [5, 5.41) is 3.15. The van der Waals surface area contributed by atoms with E-state index in [1.807, 2.05) is 19.9 Å². The van der Waals surface area contributed by atoms with Gasteiger partial charge in [-0.15, -0.1) is 6.58 Å². The van der Waals surface area contributed by atoms with Crippen LogP contribution in [0.25, 0.3) is 0 Å². The highest BCUT2D eigenvalue weighted by Crippen LogP contribution is 2.18. The maximum Gasteiger partial charge on any atom is 0.128 e. The normalized spacial score (nSPS) is 12.5. The minimum absolute atomic E-state index is 0.0967. The van der Waals surface area contributed by atoms with Crippen molar-refractivity contribution in [1.82, 2.24) is 5.32 Å². The largest absolute Gasteiger partial charge is 0.307 e. The van der Waals surface area contributed by atoms with Gasteiger partial charge in [0, 0.05) is 5.56 Å². The Bertz CT molecular complexity index is 320. The molecule has 1 aromatic rings. The first-order chi connectivity index (χ1) is 6.69. The fourth-order valence-corrected chi connectivity index (χ4v) is 1.42. The molecule has 0 bridgehead atoms. The van der Waals surface area contributed by atoms with Gasteiger partial charge in [0.05, 0.1) is 6.04 Å². The molecule has 0 heterocycles. The second-order valence-corrected chi connectivity index (χ2v) is 3.30. The fraction of sp³-hybridized carbons (Fsp3) is 0.333. The first-order valence-corrected chi connectivity index (χ1v) is 4.81. The second-order valence-electron chi connectivity index (χ2n) is 3.30. The highest BCUT2D eigenvalue weighted by atomic mass is 19.1. The molecule has 76 valence electrons. The molecule has 1 rings (SSSR count). The van der Waals surface area contributed by atoms with Crippen LogP contribution in [-0.2, 0) is 0 Å². The molecule has 14 heavy (non-hydrogen) atoms. The third kappa shape index (κ3) is 2.42. The number of hydrogen-bond acceptors (Lipinski definition) is 1. The summed E-state index contributed by atoms with van der Waals surface area (Å²) in [5.41, 5.74) is 1.60. The van der Waals surface area contributed by atoms with E-state index < -0.39 is 0 Å². The van der Waals surface area contributed by atoms with Crippen molar-refractivity contribution in [2.75, 3.05) is 6.54 Å². The summed E-state index contributed by atoms with van der Waals surface area (Å²) in [6.07, 6.45) is 1.72. The molecular weight excluding hydrogens is 177 g/mol. The zero-order chi connectivity index (χ0) is 10.6. The van der Waals surface area contributed by atoms with Gasteiger partial charge in [-0.05, 0) is 25.1 Å². The molecule has 0 radical (unpaired) electrons. The SMILES string of the molecule is C=CC(NCC)c1ccc(C)cc1F. The van der Waals surface area contributed by atoms with E-state index in [0.29, 0.717) is 5.56 Å². The average molecular weight is 193 g/mol. The van der Waals surface area contributed by atoms with E-state index in [0.717, 1.165) is 12.1 Å². The van der Waals surface area contributed by atoms with Crippen LogP contribution < -0.4 is 5.32 Å². The number of benzene rings is 1. The molecule has 0 saturated heterocycles. The quantitative estimate of drug-likeness (QED) is 0.725. The monoisotopic (exact) mass is 193 g/mol. The Morgan fingerprint density at radius 1 is 1.57 bits per heavy atom. The Balaban J connectivity index is 2.98. The van der Waals surface area contributed by atoms with Crippen molar-refractivity contribution in [1.29, 1.82) is 0 Å². The van der Waals surface area contributed by atoms with Crippen LogP contribution in [-0.4, -0.2) is 6.54 Å². The summed E-state index contributed by atoms with van der Waals surface area (Å²) in [5.74, 6) is -0.171. The third-order valence-corrected chi connectivity index (χ3v) is 2.15. The van der Waals surface area contributed by atoms with E-state index in [1.54, 1.807) is 18.2 Å². The summed E-state index contributed by atoms with van der Waals surface area (Å²) in [7, 11) is 0. The predicted octanol–water partition coefficient (Wildman–Crippen LogP) is 2.97. The van der Waals surface area contributed by atoms with E-state index in [2.05, 4.69) is 11.9 Å². The van der Waals surface area contributed by atoms with Gasteiger partial charge >= 0.3 is 0 Å². The maximum atomic E-state index is 13.5. The first-order valence-electron chi connectivity index (χ1n) is 4.81. The van der Waals surface area contributed by atoms with Gasteiger partial charge in [0.1, 0.15) is 5.82 Å². The van der Waals surface area contributed by atoms with Gasteiger partial charge in [0.25, 0.3) is 0 Å². The number of halogens is 1. The molecule has 1 unspecified atom stereocenters. The second kappa shape index (κ2) is 4.91. The van der Waals surface area contributed by atoms with E-state index >= 15 is 0 Å². The lowest BCUT2D eigenvalue weighted by molar-refractivity contribution is 0.566. The molecule has 0 amide bonds. The van der Waals surface area contributed by atoms with Crippen molar-refractivity contribution in [2.24, 2.45) is 0 Å². The standard InChI is InChI=1S/C12H16FN/c1-4-12(14-5-2)10-7-6-9(3)8-11(10)13/h4,6-8,12,14H,1,5H2,2-3H3. The summed E-state index contributed by atoms with van der Waals surface area (Å²) >= 11 is 0. The molecule has 2 heteroatoms. The van der Waals surface area contributed by atoms with Gasteiger partial charge in [0.15, 0.2) is 0 Å². The van der Waals surface area contributed by atoms with Crippen molar-refractivity contribution in [3.05, 3.63) is 47.8 Å². The predicted molar refractivity (Wildman–Crippen MR) is 57.8 cm³/mol. The Kier molecular flexibility index (Phi) is 3.84. The Morgan fingerprint density at radius 3 is 2.79 bits per heavy atom. The van der Waals surface area contributed by atoms with E-state index in [4.69, 9.17) is 0 Å². The zero-order valence-corrected chi connectivity index (χ0v) is 8.68. The van der Waals surface area contributed by atoms with Crippen LogP contribution in [0.2, 0.25) is 0 Å². The zero-order valence-electron chi connectivity index (χ0n) is 8.68.